The van der Waals surface area contributed by atoms with Gasteiger partial charge in [-0.2, -0.15) is 0 Å². The third-order valence-corrected chi connectivity index (χ3v) is 6.49. The van der Waals surface area contributed by atoms with Crippen LogP contribution in [0.4, 0.5) is 0 Å². The number of hydrogen-bond acceptors (Lipinski definition) is 6. The second-order valence-corrected chi connectivity index (χ2v) is 8.17. The maximum atomic E-state index is 12.8. The van der Waals surface area contributed by atoms with Crippen LogP contribution in [0.15, 0.2) is 4.52 Å². The van der Waals surface area contributed by atoms with E-state index in [-0.39, 0.29) is 17.9 Å². The monoisotopic (exact) mass is 361 g/mol. The third kappa shape index (κ3) is 3.11. The summed E-state index contributed by atoms with van der Waals surface area (Å²) < 4.78 is 5.26. The van der Waals surface area contributed by atoms with Gasteiger partial charge in [-0.15, -0.1) is 11.3 Å². The summed E-state index contributed by atoms with van der Waals surface area (Å²) in [4.78, 5) is 20.8. The lowest BCUT2D eigenvalue weighted by molar-refractivity contribution is -0.137. The van der Waals surface area contributed by atoms with Gasteiger partial charge in [0.15, 0.2) is 0 Å². The topological polar surface area (TPSA) is 79.5 Å². The Hall–Kier alpha value is -1.73. The number of rotatable bonds is 2. The molecule has 0 spiro atoms. The number of aryl methyl sites for hydroxylation is 3. The van der Waals surface area contributed by atoms with E-state index in [0.717, 1.165) is 40.6 Å². The molecule has 1 N–H and O–H groups in total. The van der Waals surface area contributed by atoms with E-state index in [0.29, 0.717) is 32.4 Å². The van der Waals surface area contributed by atoms with Gasteiger partial charge < -0.3 is 14.5 Å². The Balaban J connectivity index is 1.51. The fourth-order valence-corrected chi connectivity index (χ4v) is 5.08. The number of amides is 1. The Morgan fingerprint density at radius 2 is 2.04 bits per heavy atom. The number of hydrogen-bond donors (Lipinski definition) is 1. The summed E-state index contributed by atoms with van der Waals surface area (Å²) in [6.45, 7) is 5.19. The molecule has 25 heavy (non-hydrogen) atoms. The quantitative estimate of drug-likeness (QED) is 0.889. The Kier molecular flexibility index (Phi) is 4.37. The highest BCUT2D eigenvalue weighted by molar-refractivity contribution is 7.15. The van der Waals surface area contributed by atoms with Crippen LogP contribution in [0.1, 0.15) is 41.3 Å². The van der Waals surface area contributed by atoms with E-state index < -0.39 is 0 Å². The van der Waals surface area contributed by atoms with Crippen molar-refractivity contribution in [1.29, 1.82) is 0 Å². The van der Waals surface area contributed by atoms with Gasteiger partial charge >= 0.3 is 0 Å². The van der Waals surface area contributed by atoms with Crippen LogP contribution in [-0.2, 0) is 17.6 Å². The number of fused-ring (bicyclic) bond motifs is 1. The molecule has 3 heterocycles. The minimum atomic E-state index is -0.252. The van der Waals surface area contributed by atoms with Crippen molar-refractivity contribution in [3.8, 4) is 10.6 Å². The Labute approximate surface area is 150 Å². The molecule has 2 aromatic rings. The summed E-state index contributed by atoms with van der Waals surface area (Å²) in [6.07, 6.45) is 3.63. The first-order valence-corrected chi connectivity index (χ1v) is 9.73. The zero-order chi connectivity index (χ0) is 17.6. The van der Waals surface area contributed by atoms with Crippen LogP contribution in [0, 0.1) is 19.8 Å². The van der Waals surface area contributed by atoms with Gasteiger partial charge in [0.1, 0.15) is 10.8 Å². The fraction of sp³-hybridized carbons (Fsp3) is 0.611. The van der Waals surface area contributed by atoms with Crippen LogP contribution in [0.3, 0.4) is 0 Å². The Morgan fingerprint density at radius 1 is 1.28 bits per heavy atom. The Bertz CT molecular complexity index is 770. The third-order valence-electron chi connectivity index (χ3n) is 5.31. The normalized spacial score (nSPS) is 21.4. The van der Waals surface area contributed by atoms with Crippen LogP contribution in [0.2, 0.25) is 0 Å². The number of piperidine rings is 1. The SMILES string of the molecule is Cc1noc(C)c1-c1nc2c(s1)CCC(C(=O)N1CCC(O)CC1)C2. The zero-order valence-electron chi connectivity index (χ0n) is 14.6. The summed E-state index contributed by atoms with van der Waals surface area (Å²) in [5.41, 5.74) is 2.91. The van der Waals surface area contributed by atoms with Crippen molar-refractivity contribution in [1.82, 2.24) is 15.0 Å². The molecule has 0 radical (unpaired) electrons. The van der Waals surface area contributed by atoms with Gasteiger partial charge in [0.25, 0.3) is 0 Å². The van der Waals surface area contributed by atoms with E-state index in [9.17, 15) is 9.90 Å². The van der Waals surface area contributed by atoms with Gasteiger partial charge in [-0.05, 0) is 39.5 Å². The average Bonchev–Trinajstić information content (AvgIpc) is 3.16. The number of aromatic nitrogens is 2. The number of nitrogens with zero attached hydrogens (tertiary/aromatic N) is 3. The van der Waals surface area contributed by atoms with Crippen molar-refractivity contribution < 1.29 is 14.4 Å². The summed E-state index contributed by atoms with van der Waals surface area (Å²) in [5, 5.41) is 14.6. The number of likely N-dealkylation sites (tertiary alicyclic amines) is 1. The molecular formula is C18H23N3O3S. The molecule has 1 atom stereocenters. The highest BCUT2D eigenvalue weighted by Gasteiger charge is 2.32. The molecule has 4 rings (SSSR count). The maximum absolute atomic E-state index is 12.8. The fourth-order valence-electron chi connectivity index (χ4n) is 3.83. The number of carbonyl (C=O) groups is 1. The molecule has 1 fully saturated rings. The molecule has 7 heteroatoms. The first kappa shape index (κ1) is 16.7. The van der Waals surface area contributed by atoms with E-state index in [1.807, 2.05) is 18.7 Å². The first-order chi connectivity index (χ1) is 12.0. The van der Waals surface area contributed by atoms with Crippen molar-refractivity contribution in [3.63, 3.8) is 0 Å². The minimum Gasteiger partial charge on any atom is -0.393 e. The van der Waals surface area contributed by atoms with Crippen molar-refractivity contribution in [3.05, 3.63) is 22.0 Å². The van der Waals surface area contributed by atoms with Gasteiger partial charge in [0, 0.05) is 30.3 Å². The van der Waals surface area contributed by atoms with Gasteiger partial charge in [0.05, 0.1) is 23.1 Å². The van der Waals surface area contributed by atoms with E-state index in [2.05, 4.69) is 5.16 Å². The second-order valence-electron chi connectivity index (χ2n) is 7.08. The summed E-state index contributed by atoms with van der Waals surface area (Å²) >= 11 is 1.70. The number of aliphatic hydroxyl groups excluding tert-OH is 1. The van der Waals surface area contributed by atoms with Crippen molar-refractivity contribution in [2.24, 2.45) is 5.92 Å². The Morgan fingerprint density at radius 3 is 2.72 bits per heavy atom. The molecule has 1 unspecified atom stereocenters. The van der Waals surface area contributed by atoms with Gasteiger partial charge in [0.2, 0.25) is 5.91 Å². The summed E-state index contributed by atoms with van der Waals surface area (Å²) in [5.74, 6) is 1.04. The lowest BCUT2D eigenvalue weighted by Gasteiger charge is -2.33. The van der Waals surface area contributed by atoms with Gasteiger partial charge in [-0.1, -0.05) is 5.16 Å². The number of aliphatic hydroxyl groups is 1. The molecule has 0 saturated carbocycles. The van der Waals surface area contributed by atoms with Crippen LogP contribution in [-0.4, -0.2) is 45.2 Å². The molecule has 0 bridgehead atoms. The van der Waals surface area contributed by atoms with E-state index >= 15 is 0 Å². The molecule has 1 aliphatic carbocycles. The van der Waals surface area contributed by atoms with Crippen LogP contribution >= 0.6 is 11.3 Å². The molecule has 2 aliphatic rings. The van der Waals surface area contributed by atoms with Gasteiger partial charge in [-0.3, -0.25) is 4.79 Å². The van der Waals surface area contributed by atoms with E-state index in [4.69, 9.17) is 9.51 Å². The lowest BCUT2D eigenvalue weighted by Crippen LogP contribution is -2.44. The highest BCUT2D eigenvalue weighted by Crippen LogP contribution is 2.37. The maximum Gasteiger partial charge on any atom is 0.226 e. The summed E-state index contributed by atoms with van der Waals surface area (Å²) in [6, 6.07) is 0. The second kappa shape index (κ2) is 6.53. The molecule has 0 aromatic carbocycles. The van der Waals surface area contributed by atoms with Crippen molar-refractivity contribution >= 4 is 17.2 Å². The van der Waals surface area contributed by atoms with E-state index in [1.165, 1.54) is 4.88 Å². The summed E-state index contributed by atoms with van der Waals surface area (Å²) in [7, 11) is 0. The van der Waals surface area contributed by atoms with Crippen molar-refractivity contribution in [2.75, 3.05) is 13.1 Å². The molecular weight excluding hydrogens is 338 g/mol. The average molecular weight is 361 g/mol. The smallest absolute Gasteiger partial charge is 0.226 e. The number of carbonyl (C=O) groups excluding carboxylic acids is 1. The van der Waals surface area contributed by atoms with Crippen LogP contribution in [0.5, 0.6) is 0 Å². The first-order valence-electron chi connectivity index (χ1n) is 8.91. The molecule has 1 aliphatic heterocycles. The zero-order valence-corrected chi connectivity index (χ0v) is 15.4. The minimum absolute atomic E-state index is 0.0161. The number of thiazole rings is 1. The molecule has 1 saturated heterocycles. The highest BCUT2D eigenvalue weighted by atomic mass is 32.1. The van der Waals surface area contributed by atoms with E-state index in [1.54, 1.807) is 11.3 Å². The predicted molar refractivity (Wildman–Crippen MR) is 94.4 cm³/mol. The van der Waals surface area contributed by atoms with Crippen molar-refractivity contribution in [2.45, 2.75) is 52.1 Å². The predicted octanol–water partition coefficient (Wildman–Crippen LogP) is 2.50. The van der Waals surface area contributed by atoms with Crippen LogP contribution in [0.25, 0.3) is 10.6 Å². The largest absolute Gasteiger partial charge is 0.393 e. The standard InChI is InChI=1S/C18H23N3O3S/c1-10-16(11(2)24-20-10)17-19-14-9-12(3-4-15(14)25-17)18(23)21-7-5-13(22)6-8-21/h12-13,22H,3-9H2,1-2H3. The molecule has 2 aromatic heterocycles. The molecule has 134 valence electrons. The lowest BCUT2D eigenvalue weighted by atomic mass is 9.89. The van der Waals surface area contributed by atoms with Gasteiger partial charge in [-0.25, -0.2) is 4.98 Å². The molecule has 6 nitrogen and oxygen atoms in total. The van der Waals surface area contributed by atoms with Crippen LogP contribution < -0.4 is 0 Å². The molecule has 1 amide bonds.